The average molecular weight is 263 g/mol. The van der Waals surface area contributed by atoms with Crippen LogP contribution in [0.15, 0.2) is 28.7 Å². The molecule has 1 amide bonds. The van der Waals surface area contributed by atoms with Gasteiger partial charge in [-0.15, -0.1) is 10.2 Å². The molecule has 5 nitrogen and oxygen atoms in total. The van der Waals surface area contributed by atoms with Gasteiger partial charge in [0.2, 0.25) is 17.7 Å². The molecule has 1 N–H and O–H groups in total. The molecule has 1 heterocycles. The van der Waals surface area contributed by atoms with E-state index in [2.05, 4.69) is 15.5 Å². The maximum Gasteiger partial charge on any atom is 0.247 e. The van der Waals surface area contributed by atoms with E-state index >= 15 is 0 Å². The van der Waals surface area contributed by atoms with Gasteiger partial charge in [0.05, 0.1) is 6.54 Å². The van der Waals surface area contributed by atoms with E-state index < -0.39 is 0 Å². The predicted octanol–water partition coefficient (Wildman–Crippen LogP) is 2.15. The first-order chi connectivity index (χ1) is 9.06. The molecule has 0 aliphatic heterocycles. The zero-order valence-electron chi connectivity index (χ0n) is 10.7. The molecule has 0 fully saturated rings. The van der Waals surface area contributed by atoms with Crippen LogP contribution in [0.5, 0.6) is 0 Å². The Balaban J connectivity index is 2.03. The molecule has 2 aromatic rings. The van der Waals surface area contributed by atoms with Crippen molar-refractivity contribution in [2.75, 3.05) is 0 Å². The van der Waals surface area contributed by atoms with Gasteiger partial charge in [0, 0.05) is 11.5 Å². The average Bonchev–Trinajstić information content (AvgIpc) is 2.85. The number of hydrogen-bond donors (Lipinski definition) is 1. The molecule has 19 heavy (non-hydrogen) atoms. The van der Waals surface area contributed by atoms with E-state index in [0.29, 0.717) is 17.3 Å². The molecule has 2 rings (SSSR count). The van der Waals surface area contributed by atoms with Crippen molar-refractivity contribution < 1.29 is 13.6 Å². The van der Waals surface area contributed by atoms with E-state index in [1.807, 2.05) is 0 Å². The highest BCUT2D eigenvalue weighted by molar-refractivity contribution is 5.77. The van der Waals surface area contributed by atoms with Crippen molar-refractivity contribution in [3.63, 3.8) is 0 Å². The van der Waals surface area contributed by atoms with Crippen LogP contribution in [0.3, 0.4) is 0 Å². The summed E-state index contributed by atoms with van der Waals surface area (Å²) in [5.74, 6) is 0.107. The van der Waals surface area contributed by atoms with Crippen molar-refractivity contribution in [3.8, 4) is 11.5 Å². The Morgan fingerprint density at radius 3 is 2.63 bits per heavy atom. The van der Waals surface area contributed by atoms with E-state index in [1.165, 1.54) is 12.1 Å². The maximum absolute atomic E-state index is 12.8. The van der Waals surface area contributed by atoms with E-state index in [4.69, 9.17) is 4.42 Å². The molecule has 0 saturated carbocycles. The van der Waals surface area contributed by atoms with Crippen molar-refractivity contribution in [1.82, 2.24) is 15.5 Å². The minimum absolute atomic E-state index is 0.0819. The van der Waals surface area contributed by atoms with Crippen LogP contribution in [0.25, 0.3) is 11.5 Å². The van der Waals surface area contributed by atoms with Crippen LogP contribution < -0.4 is 5.32 Å². The van der Waals surface area contributed by atoms with E-state index in [9.17, 15) is 9.18 Å². The summed E-state index contributed by atoms with van der Waals surface area (Å²) in [5, 5.41) is 10.3. The Morgan fingerprint density at radius 2 is 2.00 bits per heavy atom. The lowest BCUT2D eigenvalue weighted by Crippen LogP contribution is -2.27. The highest BCUT2D eigenvalue weighted by atomic mass is 19.1. The van der Waals surface area contributed by atoms with Gasteiger partial charge >= 0.3 is 0 Å². The first-order valence-corrected chi connectivity index (χ1v) is 5.92. The van der Waals surface area contributed by atoms with E-state index in [1.54, 1.807) is 26.0 Å². The number of benzene rings is 1. The number of nitrogens with zero attached hydrogens (tertiary/aromatic N) is 2. The van der Waals surface area contributed by atoms with Crippen LogP contribution in [0, 0.1) is 11.7 Å². The number of nitrogens with one attached hydrogen (secondary N) is 1. The normalized spacial score (nSPS) is 10.7. The number of carbonyl (C=O) groups excluding carboxylic acids is 1. The van der Waals surface area contributed by atoms with E-state index in [0.717, 1.165) is 0 Å². The first kappa shape index (κ1) is 13.2. The molecule has 0 aliphatic rings. The number of rotatable bonds is 4. The van der Waals surface area contributed by atoms with Crippen LogP contribution in [0.2, 0.25) is 0 Å². The molecule has 6 heteroatoms. The Hall–Kier alpha value is -2.24. The lowest BCUT2D eigenvalue weighted by molar-refractivity contribution is -0.124. The van der Waals surface area contributed by atoms with E-state index in [-0.39, 0.29) is 24.2 Å². The number of carbonyl (C=O) groups is 1. The third kappa shape index (κ3) is 3.37. The van der Waals surface area contributed by atoms with Gasteiger partial charge in [-0.1, -0.05) is 13.8 Å². The number of aromatic nitrogens is 2. The van der Waals surface area contributed by atoms with Crippen LogP contribution in [-0.2, 0) is 11.3 Å². The van der Waals surface area contributed by atoms with Crippen LogP contribution in [-0.4, -0.2) is 16.1 Å². The van der Waals surface area contributed by atoms with Crippen molar-refractivity contribution in [1.29, 1.82) is 0 Å². The standard InChI is InChI=1S/C13H14FN3O2/c1-8(2)12(18)15-7-11-16-17-13(19-11)9-3-5-10(14)6-4-9/h3-6,8H,7H2,1-2H3,(H,15,18). The second-order valence-corrected chi connectivity index (χ2v) is 4.38. The van der Waals surface area contributed by atoms with Gasteiger partial charge in [0.25, 0.3) is 0 Å². The highest BCUT2D eigenvalue weighted by Gasteiger charge is 2.11. The third-order valence-electron chi connectivity index (χ3n) is 2.50. The Kier molecular flexibility index (Phi) is 3.89. The molecule has 1 aromatic carbocycles. The molecular formula is C13H14FN3O2. The second-order valence-electron chi connectivity index (χ2n) is 4.38. The molecule has 0 saturated heterocycles. The summed E-state index contributed by atoms with van der Waals surface area (Å²) >= 11 is 0. The molecule has 0 aliphatic carbocycles. The van der Waals surface area contributed by atoms with Crippen molar-refractivity contribution in [3.05, 3.63) is 36.0 Å². The Labute approximate surface area is 109 Å². The monoisotopic (exact) mass is 263 g/mol. The molecule has 0 radical (unpaired) electrons. The molecule has 0 bridgehead atoms. The fourth-order valence-corrected chi connectivity index (χ4v) is 1.40. The Morgan fingerprint density at radius 1 is 1.32 bits per heavy atom. The molecular weight excluding hydrogens is 249 g/mol. The van der Waals surface area contributed by atoms with Gasteiger partial charge in [-0.2, -0.15) is 0 Å². The SMILES string of the molecule is CC(C)C(=O)NCc1nnc(-c2ccc(F)cc2)o1. The van der Waals surface area contributed by atoms with Gasteiger partial charge in [-0.3, -0.25) is 4.79 Å². The van der Waals surface area contributed by atoms with Crippen molar-refractivity contribution in [2.24, 2.45) is 5.92 Å². The highest BCUT2D eigenvalue weighted by Crippen LogP contribution is 2.17. The van der Waals surface area contributed by atoms with Gasteiger partial charge < -0.3 is 9.73 Å². The smallest absolute Gasteiger partial charge is 0.247 e. The van der Waals surface area contributed by atoms with Crippen LogP contribution in [0.4, 0.5) is 4.39 Å². The van der Waals surface area contributed by atoms with Crippen molar-refractivity contribution >= 4 is 5.91 Å². The summed E-state index contributed by atoms with van der Waals surface area (Å²) < 4.78 is 18.2. The summed E-state index contributed by atoms with van der Waals surface area (Å²) in [6, 6.07) is 5.75. The Bertz CT molecular complexity index is 564. The largest absolute Gasteiger partial charge is 0.419 e. The fraction of sp³-hybridized carbons (Fsp3) is 0.308. The lowest BCUT2D eigenvalue weighted by Gasteiger charge is -2.04. The number of hydrogen-bond acceptors (Lipinski definition) is 4. The van der Waals surface area contributed by atoms with Crippen molar-refractivity contribution in [2.45, 2.75) is 20.4 Å². The van der Waals surface area contributed by atoms with Gasteiger partial charge in [-0.25, -0.2) is 4.39 Å². The van der Waals surface area contributed by atoms with Gasteiger partial charge in [0.1, 0.15) is 5.82 Å². The zero-order chi connectivity index (χ0) is 13.8. The third-order valence-corrected chi connectivity index (χ3v) is 2.50. The molecule has 0 atom stereocenters. The van der Waals surface area contributed by atoms with Crippen LogP contribution in [0.1, 0.15) is 19.7 Å². The zero-order valence-corrected chi connectivity index (χ0v) is 10.7. The summed E-state index contributed by atoms with van der Waals surface area (Å²) in [5.41, 5.74) is 0.635. The topological polar surface area (TPSA) is 68.0 Å². The number of halogens is 1. The lowest BCUT2D eigenvalue weighted by atomic mass is 10.2. The summed E-state index contributed by atoms with van der Waals surface area (Å²) in [6.07, 6.45) is 0. The minimum Gasteiger partial charge on any atom is -0.419 e. The quantitative estimate of drug-likeness (QED) is 0.917. The number of amides is 1. The maximum atomic E-state index is 12.8. The molecule has 0 unspecified atom stereocenters. The first-order valence-electron chi connectivity index (χ1n) is 5.92. The summed E-state index contributed by atoms with van der Waals surface area (Å²) in [4.78, 5) is 11.4. The molecule has 1 aromatic heterocycles. The molecule has 100 valence electrons. The van der Waals surface area contributed by atoms with Crippen LogP contribution >= 0.6 is 0 Å². The predicted molar refractivity (Wildman–Crippen MR) is 66.4 cm³/mol. The molecule has 0 spiro atoms. The minimum atomic E-state index is -0.326. The summed E-state index contributed by atoms with van der Waals surface area (Å²) in [6.45, 7) is 3.78. The second kappa shape index (κ2) is 5.60. The summed E-state index contributed by atoms with van der Waals surface area (Å²) in [7, 11) is 0. The fourth-order valence-electron chi connectivity index (χ4n) is 1.40. The van der Waals surface area contributed by atoms with Gasteiger partial charge in [0.15, 0.2) is 0 Å². The van der Waals surface area contributed by atoms with Gasteiger partial charge in [-0.05, 0) is 24.3 Å².